The van der Waals surface area contributed by atoms with Gasteiger partial charge in [-0.2, -0.15) is 10.1 Å². The third-order valence-electron chi connectivity index (χ3n) is 11.2. The number of carbonyl (C=O) groups is 4. The first-order valence-corrected chi connectivity index (χ1v) is 20.4. The normalized spacial score (nSPS) is 26.6. The molecule has 16 heteroatoms. The SMILES string of the molecule is Cc1cc(C(=O)N[C@H]2CCCCC/C=C\[C@@H]3C[C@@]3(C(=O)NS(=O)(=O)C3CC3)NC(=O)[C@@H]3C[C@@H](Oc4nc5ncccc5c5ccccc45)CN3C2=O)nn1C. The van der Waals surface area contributed by atoms with Crippen LogP contribution in [0.5, 0.6) is 5.88 Å². The van der Waals surface area contributed by atoms with Gasteiger partial charge in [0.25, 0.3) is 11.8 Å². The van der Waals surface area contributed by atoms with E-state index in [0.717, 1.165) is 34.7 Å². The molecule has 0 bridgehead atoms. The molecule has 4 aromatic rings. The van der Waals surface area contributed by atoms with Crippen LogP contribution in [0.2, 0.25) is 0 Å². The van der Waals surface area contributed by atoms with Crippen molar-refractivity contribution >= 4 is 55.5 Å². The van der Waals surface area contributed by atoms with Crippen molar-refractivity contribution in [3.05, 3.63) is 72.2 Å². The first-order chi connectivity index (χ1) is 26.4. The van der Waals surface area contributed by atoms with Crippen molar-refractivity contribution in [2.75, 3.05) is 6.54 Å². The smallest absolute Gasteiger partial charge is 0.272 e. The molecule has 0 spiro atoms. The van der Waals surface area contributed by atoms with Gasteiger partial charge in [-0.25, -0.2) is 13.4 Å². The topological polar surface area (TPSA) is 195 Å². The Morgan fingerprint density at radius 2 is 1.80 bits per heavy atom. The summed E-state index contributed by atoms with van der Waals surface area (Å²) in [5, 5.41) is 11.9. The minimum Gasteiger partial charge on any atom is -0.472 e. The van der Waals surface area contributed by atoms with Crippen LogP contribution in [-0.4, -0.2) is 92.2 Å². The first kappa shape index (κ1) is 36.6. The number of sulfonamides is 1. The number of amides is 4. The molecular weight excluding hydrogens is 725 g/mol. The number of benzene rings is 1. The molecule has 1 aromatic carbocycles. The van der Waals surface area contributed by atoms with Gasteiger partial charge in [0.1, 0.15) is 29.4 Å². The average molecular weight is 769 g/mol. The van der Waals surface area contributed by atoms with Crippen LogP contribution < -0.4 is 20.1 Å². The molecule has 1 saturated heterocycles. The Morgan fingerprint density at radius 3 is 2.56 bits per heavy atom. The lowest BCUT2D eigenvalue weighted by Gasteiger charge is -2.29. The number of nitrogens with zero attached hydrogens (tertiary/aromatic N) is 5. The molecule has 4 amide bonds. The third-order valence-corrected chi connectivity index (χ3v) is 13.0. The molecular formula is C39H44N8O7S. The van der Waals surface area contributed by atoms with E-state index in [1.807, 2.05) is 55.5 Å². The van der Waals surface area contributed by atoms with Crippen LogP contribution in [0.25, 0.3) is 21.8 Å². The summed E-state index contributed by atoms with van der Waals surface area (Å²) in [6.45, 7) is 1.81. The molecule has 55 heavy (non-hydrogen) atoms. The van der Waals surface area contributed by atoms with Crippen molar-refractivity contribution < 1.29 is 32.3 Å². The second-order valence-electron chi connectivity index (χ2n) is 15.2. The third kappa shape index (κ3) is 7.26. The minimum absolute atomic E-state index is 0.0131. The zero-order chi connectivity index (χ0) is 38.5. The molecule has 5 heterocycles. The van der Waals surface area contributed by atoms with Gasteiger partial charge in [-0.15, -0.1) is 0 Å². The van der Waals surface area contributed by atoms with Crippen molar-refractivity contribution in [1.29, 1.82) is 0 Å². The fraction of sp³-hybridized carbons (Fsp3) is 0.462. The quantitative estimate of drug-likeness (QED) is 0.186. The van der Waals surface area contributed by atoms with Crippen LogP contribution in [-0.2, 0) is 31.5 Å². The zero-order valence-corrected chi connectivity index (χ0v) is 31.5. The van der Waals surface area contributed by atoms with Crippen molar-refractivity contribution in [3.63, 3.8) is 0 Å². The van der Waals surface area contributed by atoms with Crippen LogP contribution in [0, 0.1) is 12.8 Å². The van der Waals surface area contributed by atoms with Crippen LogP contribution >= 0.6 is 0 Å². The molecule has 3 fully saturated rings. The predicted molar refractivity (Wildman–Crippen MR) is 202 cm³/mol. The van der Waals surface area contributed by atoms with Gasteiger partial charge in [-0.05, 0) is 75.1 Å². The number of aryl methyl sites for hydroxylation is 2. The van der Waals surface area contributed by atoms with E-state index in [4.69, 9.17) is 9.72 Å². The van der Waals surface area contributed by atoms with E-state index in [1.165, 1.54) is 4.90 Å². The van der Waals surface area contributed by atoms with Gasteiger partial charge in [0.05, 0.1) is 11.8 Å². The summed E-state index contributed by atoms with van der Waals surface area (Å²) in [6.07, 6.45) is 9.18. The number of nitrogens with one attached hydrogen (secondary N) is 3. The molecule has 0 radical (unpaired) electrons. The summed E-state index contributed by atoms with van der Waals surface area (Å²) < 4.78 is 36.1. The monoisotopic (exact) mass is 768 g/mol. The molecule has 2 aliphatic heterocycles. The fourth-order valence-corrected chi connectivity index (χ4v) is 9.12. The van der Waals surface area contributed by atoms with Crippen LogP contribution in [0.1, 0.15) is 74.0 Å². The molecule has 4 aliphatic rings. The highest BCUT2D eigenvalue weighted by atomic mass is 32.2. The largest absolute Gasteiger partial charge is 0.472 e. The number of ether oxygens (including phenoxy) is 1. The number of carbonyl (C=O) groups excluding carboxylic acids is 4. The number of hydrogen-bond donors (Lipinski definition) is 3. The summed E-state index contributed by atoms with van der Waals surface area (Å²) >= 11 is 0. The Morgan fingerprint density at radius 1 is 1.02 bits per heavy atom. The van der Waals surface area contributed by atoms with Crippen molar-refractivity contribution in [1.82, 2.24) is 40.0 Å². The van der Waals surface area contributed by atoms with Crippen LogP contribution in [0.4, 0.5) is 0 Å². The second-order valence-corrected chi connectivity index (χ2v) is 17.1. The molecule has 2 aliphatic carbocycles. The highest BCUT2D eigenvalue weighted by Crippen LogP contribution is 2.46. The van der Waals surface area contributed by atoms with Gasteiger partial charge < -0.3 is 20.3 Å². The fourth-order valence-electron chi connectivity index (χ4n) is 7.76. The van der Waals surface area contributed by atoms with Crippen molar-refractivity contribution in [2.24, 2.45) is 13.0 Å². The lowest BCUT2D eigenvalue weighted by atomic mass is 10.0. The number of rotatable bonds is 7. The lowest BCUT2D eigenvalue weighted by Crippen LogP contribution is -2.58. The van der Waals surface area contributed by atoms with Gasteiger partial charge in [0, 0.05) is 42.0 Å². The summed E-state index contributed by atoms with van der Waals surface area (Å²) in [5.41, 5.74) is -0.0840. The van der Waals surface area contributed by atoms with E-state index in [9.17, 15) is 27.6 Å². The maximum atomic E-state index is 14.7. The first-order valence-electron chi connectivity index (χ1n) is 18.9. The average Bonchev–Trinajstić information content (AvgIpc) is 4.07. The maximum Gasteiger partial charge on any atom is 0.272 e. The van der Waals surface area contributed by atoms with E-state index in [0.29, 0.717) is 43.6 Å². The molecule has 8 rings (SSSR count). The Hall–Kier alpha value is -5.38. The van der Waals surface area contributed by atoms with Crippen LogP contribution in [0.15, 0.2) is 60.8 Å². The van der Waals surface area contributed by atoms with Gasteiger partial charge in [0.2, 0.25) is 27.7 Å². The Bertz CT molecular complexity index is 2320. The Labute approximate surface area is 318 Å². The van der Waals surface area contributed by atoms with Crippen LogP contribution in [0.3, 0.4) is 0 Å². The maximum absolute atomic E-state index is 14.7. The van der Waals surface area contributed by atoms with E-state index in [-0.39, 0.29) is 25.1 Å². The molecule has 3 aromatic heterocycles. The standard InChI is InChI=1S/C39H44N8O7S/c1-23-19-31(44-46(23)2)34(48)41-30-15-7-5-3-4-6-11-24-21-39(24,38(51)45-55(52,53)26-16-17-26)43-35(49)32-20-25(22-47(32)37(30)50)54-36-29-13-9-8-12-27(29)28-14-10-18-40-33(28)42-36/h6,8-14,18-19,24-26,30,32H,3-5,7,15-17,20-22H2,1-2H3,(H,41,48)(H,43,49)(H,45,51)/b11-6-/t24-,25-,30+,32+,39-/m1/s1. The number of allylic oxidation sites excluding steroid dienone is 1. The Balaban J connectivity index is 1.12. The summed E-state index contributed by atoms with van der Waals surface area (Å²) in [6, 6.07) is 10.9. The lowest BCUT2D eigenvalue weighted by molar-refractivity contribution is -0.141. The molecule has 0 unspecified atom stereocenters. The summed E-state index contributed by atoms with van der Waals surface area (Å²) in [4.78, 5) is 67.0. The summed E-state index contributed by atoms with van der Waals surface area (Å²) in [7, 11) is -2.17. The van der Waals surface area contributed by atoms with E-state index in [2.05, 4.69) is 25.4 Å². The van der Waals surface area contributed by atoms with Crippen molar-refractivity contribution in [2.45, 2.75) is 93.7 Å². The van der Waals surface area contributed by atoms with E-state index in [1.54, 1.807) is 24.0 Å². The van der Waals surface area contributed by atoms with Crippen molar-refractivity contribution in [3.8, 4) is 5.88 Å². The molecule has 3 N–H and O–H groups in total. The molecule has 15 nitrogen and oxygen atoms in total. The van der Waals surface area contributed by atoms with Gasteiger partial charge in [-0.1, -0.05) is 43.2 Å². The highest BCUT2D eigenvalue weighted by Gasteiger charge is 2.62. The minimum atomic E-state index is -3.90. The summed E-state index contributed by atoms with van der Waals surface area (Å²) in [5.74, 6) is -2.52. The highest BCUT2D eigenvalue weighted by molar-refractivity contribution is 7.91. The number of hydrogen-bond acceptors (Lipinski definition) is 10. The van der Waals surface area contributed by atoms with Gasteiger partial charge >= 0.3 is 0 Å². The Kier molecular flexibility index (Phi) is 9.55. The second kappa shape index (κ2) is 14.4. The zero-order valence-electron chi connectivity index (χ0n) is 30.7. The number of pyridine rings is 2. The van der Waals surface area contributed by atoms with Gasteiger partial charge in [-0.3, -0.25) is 28.6 Å². The number of aromatic nitrogens is 4. The molecule has 2 saturated carbocycles. The van der Waals surface area contributed by atoms with Gasteiger partial charge in [0.15, 0.2) is 5.65 Å². The van der Waals surface area contributed by atoms with E-state index >= 15 is 0 Å². The molecule has 5 atom stereocenters. The molecule has 288 valence electrons. The predicted octanol–water partition coefficient (Wildman–Crippen LogP) is 2.98. The number of fused-ring (bicyclic) bond motifs is 5. The van der Waals surface area contributed by atoms with E-state index < -0.39 is 68.5 Å².